The fourth-order valence-corrected chi connectivity index (χ4v) is 4.01. The van der Waals surface area contributed by atoms with E-state index < -0.39 is 28.9 Å². The van der Waals surface area contributed by atoms with Crippen LogP contribution in [-0.2, 0) is 5.33 Å². The predicted molar refractivity (Wildman–Crippen MR) is 119 cm³/mol. The zero-order valence-corrected chi connectivity index (χ0v) is 18.4. The number of aromatic hydroxyl groups is 1. The predicted octanol–water partition coefficient (Wildman–Crippen LogP) is 6.28. The van der Waals surface area contributed by atoms with E-state index >= 15 is 0 Å². The molecule has 1 heterocycles. The van der Waals surface area contributed by atoms with Crippen molar-refractivity contribution in [2.24, 2.45) is 5.73 Å². The lowest BCUT2D eigenvalue weighted by atomic mass is 10.1. The van der Waals surface area contributed by atoms with E-state index in [9.17, 15) is 13.6 Å². The van der Waals surface area contributed by atoms with Gasteiger partial charge in [0.05, 0.1) is 15.5 Å². The van der Waals surface area contributed by atoms with Crippen LogP contribution in [0.5, 0.6) is 5.75 Å². The Balaban J connectivity index is 0.000000187. The Kier molecular flexibility index (Phi) is 7.02. The monoisotopic (exact) mass is 510 g/mol. The molecule has 1 amide bonds. The van der Waals surface area contributed by atoms with E-state index in [4.69, 9.17) is 16.7 Å². The second kappa shape index (κ2) is 9.51. The molecule has 0 saturated heterocycles. The molecule has 1 aromatic heterocycles. The van der Waals surface area contributed by atoms with Crippen molar-refractivity contribution in [2.75, 3.05) is 0 Å². The number of phenolic OH excluding ortho intramolecular Hbond substituents is 1. The number of carbonyl (C=O) groups excluding carboxylic acids is 1. The summed E-state index contributed by atoms with van der Waals surface area (Å²) in [6, 6.07) is 15.8. The molecule has 0 aliphatic heterocycles. The first-order chi connectivity index (χ1) is 14.3. The maximum Gasteiger partial charge on any atom is 0.254 e. The van der Waals surface area contributed by atoms with Crippen molar-refractivity contribution in [1.29, 1.82) is 0 Å². The van der Waals surface area contributed by atoms with Gasteiger partial charge < -0.3 is 10.8 Å². The molecule has 3 N–H and O–H groups in total. The van der Waals surface area contributed by atoms with E-state index in [2.05, 4.69) is 44.8 Å². The molecule has 9 heteroatoms. The largest absolute Gasteiger partial charge is 0.505 e. The number of fused-ring (bicyclic) bond motifs is 1. The normalized spacial score (nSPS) is 10.5. The Hall–Kier alpha value is -2.55. The number of carbonyl (C=O) groups is 1. The standard InChI is InChI=1S/C14H9BrClNS.C7H5F2NO2/c15-8-14-17-12-7-10(3-6-13(12)18-14)9-1-4-11(16)5-2-9;8-3-1-2-4(11)6(9)5(3)7(10)12/h1-7H,8H2;1-2,11H,(H2,10,12). The molecule has 0 radical (unpaired) electrons. The van der Waals surface area contributed by atoms with E-state index in [1.165, 1.54) is 10.3 Å². The number of primary amides is 1. The van der Waals surface area contributed by atoms with E-state index in [1.807, 2.05) is 24.3 Å². The summed E-state index contributed by atoms with van der Waals surface area (Å²) < 4.78 is 26.6. The fraction of sp³-hybridized carbons (Fsp3) is 0.0476. The second-order valence-electron chi connectivity index (χ2n) is 6.05. The zero-order chi connectivity index (χ0) is 21.8. The number of aromatic nitrogens is 1. The zero-order valence-electron chi connectivity index (χ0n) is 15.2. The molecular weight excluding hydrogens is 498 g/mol. The lowest BCUT2D eigenvalue weighted by Gasteiger charge is -2.01. The summed E-state index contributed by atoms with van der Waals surface area (Å²) in [7, 11) is 0. The third-order valence-electron chi connectivity index (χ3n) is 4.04. The summed E-state index contributed by atoms with van der Waals surface area (Å²) in [5.74, 6) is -4.47. The Morgan fingerprint density at radius 2 is 1.77 bits per heavy atom. The number of hydrogen-bond acceptors (Lipinski definition) is 4. The lowest BCUT2D eigenvalue weighted by molar-refractivity contribution is 0.0991. The highest BCUT2D eigenvalue weighted by Crippen LogP contribution is 2.29. The summed E-state index contributed by atoms with van der Waals surface area (Å²) in [4.78, 5) is 15.0. The Bertz CT molecular complexity index is 1220. The molecule has 0 unspecified atom stereocenters. The first-order valence-corrected chi connectivity index (χ1v) is 10.8. The van der Waals surface area contributed by atoms with Crippen LogP contribution < -0.4 is 5.73 Å². The van der Waals surface area contributed by atoms with Crippen molar-refractivity contribution in [1.82, 2.24) is 4.98 Å². The summed E-state index contributed by atoms with van der Waals surface area (Å²) >= 11 is 11.1. The minimum atomic E-state index is -1.33. The first-order valence-electron chi connectivity index (χ1n) is 8.48. The van der Waals surface area contributed by atoms with Crippen molar-refractivity contribution in [3.63, 3.8) is 0 Å². The maximum atomic E-state index is 12.7. The highest BCUT2D eigenvalue weighted by Gasteiger charge is 2.17. The van der Waals surface area contributed by atoms with Crippen LogP contribution in [-0.4, -0.2) is 16.0 Å². The first kappa shape index (κ1) is 22.1. The summed E-state index contributed by atoms with van der Waals surface area (Å²) in [6.07, 6.45) is 0. The molecule has 4 nitrogen and oxygen atoms in total. The number of amides is 1. The summed E-state index contributed by atoms with van der Waals surface area (Å²) in [5, 5.41) is 11.4. The van der Waals surface area contributed by atoms with Gasteiger partial charge in [0.15, 0.2) is 11.6 Å². The number of hydrogen-bond donors (Lipinski definition) is 2. The van der Waals surface area contributed by atoms with Crippen molar-refractivity contribution in [3.8, 4) is 16.9 Å². The van der Waals surface area contributed by atoms with Gasteiger partial charge in [0, 0.05) is 5.02 Å². The quantitative estimate of drug-likeness (QED) is 0.318. The Morgan fingerprint density at radius 3 is 2.37 bits per heavy atom. The molecule has 0 aliphatic carbocycles. The highest BCUT2D eigenvalue weighted by atomic mass is 79.9. The number of nitrogens with two attached hydrogens (primary N) is 1. The van der Waals surface area contributed by atoms with Gasteiger partial charge in [-0.05, 0) is 47.5 Å². The van der Waals surface area contributed by atoms with Crippen LogP contribution >= 0.6 is 38.9 Å². The smallest absolute Gasteiger partial charge is 0.254 e. The number of alkyl halides is 1. The molecule has 0 atom stereocenters. The number of benzene rings is 3. The highest BCUT2D eigenvalue weighted by molar-refractivity contribution is 9.08. The van der Waals surface area contributed by atoms with Gasteiger partial charge in [-0.1, -0.05) is 45.7 Å². The minimum absolute atomic E-state index is 0.759. The van der Waals surface area contributed by atoms with Crippen LogP contribution in [0.25, 0.3) is 21.3 Å². The molecule has 0 fully saturated rings. The molecule has 0 saturated carbocycles. The topological polar surface area (TPSA) is 76.2 Å². The van der Waals surface area contributed by atoms with Crippen molar-refractivity contribution >= 4 is 55.0 Å². The van der Waals surface area contributed by atoms with Gasteiger partial charge >= 0.3 is 0 Å². The molecule has 4 aromatic rings. The van der Waals surface area contributed by atoms with Gasteiger partial charge in [-0.2, -0.15) is 0 Å². The maximum absolute atomic E-state index is 12.7. The van der Waals surface area contributed by atoms with E-state index in [0.29, 0.717) is 0 Å². The summed E-state index contributed by atoms with van der Waals surface area (Å²) in [6.45, 7) is 0. The van der Waals surface area contributed by atoms with E-state index in [0.717, 1.165) is 38.6 Å². The van der Waals surface area contributed by atoms with Gasteiger partial charge in [-0.15, -0.1) is 11.3 Å². The van der Waals surface area contributed by atoms with E-state index in [1.54, 1.807) is 11.3 Å². The lowest BCUT2D eigenvalue weighted by Crippen LogP contribution is -2.15. The van der Waals surface area contributed by atoms with Crippen LogP contribution in [0.2, 0.25) is 5.02 Å². The second-order valence-corrected chi connectivity index (χ2v) is 8.16. The SMILES string of the molecule is Clc1ccc(-c2ccc3sc(CBr)nc3c2)cc1.NC(=O)c1c(F)ccc(O)c1F. The number of nitrogens with zero attached hydrogens (tertiary/aromatic N) is 1. The summed E-state index contributed by atoms with van der Waals surface area (Å²) in [5.41, 5.74) is 7.12. The van der Waals surface area contributed by atoms with Gasteiger partial charge in [0.1, 0.15) is 16.4 Å². The third-order valence-corrected chi connectivity index (χ3v) is 6.23. The number of thiazole rings is 1. The van der Waals surface area contributed by atoms with Crippen LogP contribution in [0.15, 0.2) is 54.6 Å². The van der Waals surface area contributed by atoms with Gasteiger partial charge in [0.2, 0.25) is 0 Å². The third kappa shape index (κ3) is 4.95. The average molecular weight is 512 g/mol. The van der Waals surface area contributed by atoms with Crippen molar-refractivity contribution in [3.05, 3.63) is 81.8 Å². The molecular formula is C21H14BrClF2N2O2S. The van der Waals surface area contributed by atoms with Gasteiger partial charge in [-0.25, -0.2) is 13.8 Å². The van der Waals surface area contributed by atoms with Crippen molar-refractivity contribution in [2.45, 2.75) is 5.33 Å². The molecule has 0 bridgehead atoms. The van der Waals surface area contributed by atoms with Crippen LogP contribution in [0.3, 0.4) is 0 Å². The minimum Gasteiger partial charge on any atom is -0.505 e. The Labute approximate surface area is 188 Å². The number of phenols is 1. The van der Waals surface area contributed by atoms with Gasteiger partial charge in [0.25, 0.3) is 5.91 Å². The number of halogens is 4. The fourth-order valence-electron chi connectivity index (χ4n) is 2.62. The van der Waals surface area contributed by atoms with Crippen LogP contribution in [0.1, 0.15) is 15.4 Å². The Morgan fingerprint density at radius 1 is 1.10 bits per heavy atom. The van der Waals surface area contributed by atoms with Crippen LogP contribution in [0, 0.1) is 11.6 Å². The number of rotatable bonds is 3. The molecule has 30 heavy (non-hydrogen) atoms. The molecule has 3 aromatic carbocycles. The van der Waals surface area contributed by atoms with E-state index in [-0.39, 0.29) is 0 Å². The molecule has 0 spiro atoms. The van der Waals surface area contributed by atoms with Gasteiger partial charge in [-0.3, -0.25) is 4.79 Å². The molecule has 4 rings (SSSR count). The average Bonchev–Trinajstić information content (AvgIpc) is 3.14. The van der Waals surface area contributed by atoms with Crippen LogP contribution in [0.4, 0.5) is 8.78 Å². The van der Waals surface area contributed by atoms with Crippen molar-refractivity contribution < 1.29 is 18.7 Å². The molecule has 0 aliphatic rings. The molecule has 154 valence electrons.